The third-order valence-electron chi connectivity index (χ3n) is 10.2. The third kappa shape index (κ3) is 11.8. The minimum atomic E-state index is -1.64. The second-order valence-corrected chi connectivity index (χ2v) is 14.5. The van der Waals surface area contributed by atoms with E-state index in [2.05, 4.69) is 22.5 Å². The van der Waals surface area contributed by atoms with Crippen LogP contribution in [0.15, 0.2) is 42.6 Å². The van der Waals surface area contributed by atoms with Gasteiger partial charge in [-0.25, -0.2) is 9.59 Å². The lowest BCUT2D eigenvalue weighted by atomic mass is 9.88. The fourth-order valence-corrected chi connectivity index (χ4v) is 5.87. The number of hydrogen-bond donors (Lipinski definition) is 3. The Balaban J connectivity index is 2.75. The molecule has 0 radical (unpaired) electrons. The van der Waals surface area contributed by atoms with E-state index < -0.39 is 108 Å². The van der Waals surface area contributed by atoms with Crippen LogP contribution in [-0.2, 0) is 59.0 Å². The molecule has 0 aromatic heterocycles. The molecule has 1 heterocycles. The number of nitrogens with zero attached hydrogens (tertiary/aromatic N) is 3. The molecule has 56 heavy (non-hydrogen) atoms. The Kier molecular flexibility index (Phi) is 17.2. The minimum Gasteiger partial charge on any atom is -0.458 e. The molecule has 1 aliphatic heterocycles. The van der Waals surface area contributed by atoms with Crippen LogP contribution in [0.2, 0.25) is 0 Å². The fraction of sp³-hybridized carbons (Fsp3) is 0.590. The van der Waals surface area contributed by atoms with Gasteiger partial charge in [0.2, 0.25) is 23.6 Å². The highest BCUT2D eigenvalue weighted by Gasteiger charge is 2.43. The van der Waals surface area contributed by atoms with Crippen molar-refractivity contribution < 1.29 is 52.6 Å². The van der Waals surface area contributed by atoms with Gasteiger partial charge in [0.05, 0.1) is 6.10 Å². The Morgan fingerprint density at radius 1 is 0.857 bits per heavy atom. The van der Waals surface area contributed by atoms with Gasteiger partial charge in [0.1, 0.15) is 29.9 Å². The fourth-order valence-electron chi connectivity index (χ4n) is 5.87. The van der Waals surface area contributed by atoms with Gasteiger partial charge in [0, 0.05) is 41.6 Å². The summed E-state index contributed by atoms with van der Waals surface area (Å²) < 4.78 is 16.9. The van der Waals surface area contributed by atoms with Crippen molar-refractivity contribution in [1.29, 1.82) is 0 Å². The summed E-state index contributed by atoms with van der Waals surface area (Å²) in [6.07, 6.45) is -4.13. The van der Waals surface area contributed by atoms with Crippen LogP contribution in [0, 0.1) is 11.8 Å². The molecular formula is C39H58N6O11. The molecule has 0 saturated carbocycles. The van der Waals surface area contributed by atoms with Crippen LogP contribution in [-0.4, -0.2) is 139 Å². The first-order chi connectivity index (χ1) is 26.0. The molecule has 17 nitrogen and oxygen atoms in total. The quantitative estimate of drug-likeness (QED) is 0.257. The number of hydrogen-bond acceptors (Lipinski definition) is 11. The van der Waals surface area contributed by atoms with E-state index in [4.69, 9.17) is 14.2 Å². The number of carbonyl (C=O) groups is 8. The van der Waals surface area contributed by atoms with Gasteiger partial charge in [-0.15, -0.1) is 0 Å². The van der Waals surface area contributed by atoms with Crippen LogP contribution >= 0.6 is 0 Å². The van der Waals surface area contributed by atoms with E-state index in [1.807, 2.05) is 13.8 Å². The lowest BCUT2D eigenvalue weighted by Crippen LogP contribution is -2.61. The topological polar surface area (TPSA) is 210 Å². The van der Waals surface area contributed by atoms with Gasteiger partial charge in [-0.05, 0) is 45.1 Å². The highest BCUT2D eigenvalue weighted by atomic mass is 16.6. The highest BCUT2D eigenvalue weighted by Crippen LogP contribution is 2.21. The zero-order chi connectivity index (χ0) is 42.8. The molecule has 3 N–H and O–H groups in total. The molecule has 0 bridgehead atoms. The van der Waals surface area contributed by atoms with Gasteiger partial charge in [-0.2, -0.15) is 0 Å². The Hall–Kier alpha value is -5.32. The number of esters is 2. The Morgan fingerprint density at radius 3 is 1.98 bits per heavy atom. The molecule has 1 aliphatic rings. The van der Waals surface area contributed by atoms with Gasteiger partial charge in [-0.1, -0.05) is 57.7 Å². The molecule has 0 unspecified atom stereocenters. The van der Waals surface area contributed by atoms with Crippen molar-refractivity contribution in [3.63, 3.8) is 0 Å². The number of cyclic esters (lactones) is 2. The summed E-state index contributed by atoms with van der Waals surface area (Å²) in [5.74, 6) is -7.29. The standard InChI is InChI=1S/C39H58N6O11/c1-20(2)21(3)30-37(51)45(12)32(26(8)54-13)39(53)55-25(7)31(41-27(9)46)38(52)56-29(19-28-17-15-14-16-18-28)36(50)44(11)23(5)33(47)40-22(4)35(49)43(10)24(6)34(48)42-30/h14-18,20-22,24-26,29-32H,5,19H2,1-4,6-13H3,(H,40,47)(H,41,46)(H,42,48)/t21-,22+,24+,25-,26-,29-,30+,31+,32+/m1/s1. The van der Waals surface area contributed by atoms with Crippen molar-refractivity contribution in [2.24, 2.45) is 11.8 Å². The molecule has 6 amide bonds. The number of benzene rings is 1. The van der Waals surface area contributed by atoms with Crippen LogP contribution in [0.25, 0.3) is 0 Å². The largest absolute Gasteiger partial charge is 0.458 e. The maximum atomic E-state index is 14.3. The first-order valence-electron chi connectivity index (χ1n) is 18.4. The molecule has 17 heteroatoms. The number of methoxy groups -OCH3 is 1. The lowest BCUT2D eigenvalue weighted by Gasteiger charge is -2.37. The number of nitrogens with one attached hydrogen (secondary N) is 3. The monoisotopic (exact) mass is 786 g/mol. The molecule has 1 saturated heterocycles. The van der Waals surface area contributed by atoms with Crippen molar-refractivity contribution in [2.45, 2.75) is 110 Å². The van der Waals surface area contributed by atoms with E-state index in [1.54, 1.807) is 37.3 Å². The number of amides is 6. The van der Waals surface area contributed by atoms with Gasteiger partial charge in [-0.3, -0.25) is 28.8 Å². The average Bonchev–Trinajstić information content (AvgIpc) is 3.15. The number of likely N-dealkylation sites (N-methyl/N-ethyl adjacent to an activating group) is 3. The molecule has 1 aromatic rings. The molecule has 1 fully saturated rings. The van der Waals surface area contributed by atoms with Crippen molar-refractivity contribution in [3.8, 4) is 0 Å². The van der Waals surface area contributed by atoms with E-state index in [0.29, 0.717) is 5.56 Å². The second kappa shape index (κ2) is 20.6. The van der Waals surface area contributed by atoms with Crippen LogP contribution < -0.4 is 16.0 Å². The number of rotatable bonds is 7. The molecule has 0 spiro atoms. The van der Waals surface area contributed by atoms with Crippen molar-refractivity contribution in [3.05, 3.63) is 48.2 Å². The highest BCUT2D eigenvalue weighted by molar-refractivity contribution is 6.01. The Morgan fingerprint density at radius 2 is 1.45 bits per heavy atom. The SMILES string of the molecule is C=C1C(=O)N[C@@H](C)C(=O)N(C)[C@@H](C)C(=O)N[C@@H]([C@H](C)C(C)C)C(=O)N(C)[C@@H]([C@@H](C)OC)C(=O)O[C@H](C)[C@H](NC(C)=O)C(=O)O[C@H](Cc2ccccc2)C(=O)N1C. The van der Waals surface area contributed by atoms with E-state index in [-0.39, 0.29) is 12.3 Å². The minimum absolute atomic E-state index is 0.139. The molecule has 310 valence electrons. The smallest absolute Gasteiger partial charge is 0.333 e. The summed E-state index contributed by atoms with van der Waals surface area (Å²) in [5.41, 5.74) is 0.181. The Bertz CT molecular complexity index is 1640. The summed E-state index contributed by atoms with van der Waals surface area (Å²) in [6, 6.07) is 1.94. The Labute approximate surface area is 328 Å². The van der Waals surface area contributed by atoms with E-state index in [1.165, 1.54) is 55.9 Å². The summed E-state index contributed by atoms with van der Waals surface area (Å²) in [6.45, 7) is 16.0. The van der Waals surface area contributed by atoms with Gasteiger partial charge in [0.15, 0.2) is 18.2 Å². The molecule has 1 aromatic carbocycles. The van der Waals surface area contributed by atoms with Crippen LogP contribution in [0.3, 0.4) is 0 Å². The van der Waals surface area contributed by atoms with Crippen LogP contribution in [0.4, 0.5) is 0 Å². The molecule has 9 atom stereocenters. The van der Waals surface area contributed by atoms with Crippen molar-refractivity contribution >= 4 is 47.4 Å². The van der Waals surface area contributed by atoms with Crippen molar-refractivity contribution in [1.82, 2.24) is 30.7 Å². The van der Waals surface area contributed by atoms with Gasteiger partial charge in [0.25, 0.3) is 11.8 Å². The number of carbonyl (C=O) groups excluding carboxylic acids is 8. The lowest BCUT2D eigenvalue weighted by molar-refractivity contribution is -0.172. The predicted octanol–water partition coefficient (Wildman–Crippen LogP) is 0.553. The normalized spacial score (nSPS) is 27.0. The van der Waals surface area contributed by atoms with Gasteiger partial charge >= 0.3 is 11.9 Å². The third-order valence-corrected chi connectivity index (χ3v) is 10.2. The average molecular weight is 787 g/mol. The van der Waals surface area contributed by atoms with E-state index in [0.717, 1.165) is 21.6 Å². The predicted molar refractivity (Wildman–Crippen MR) is 204 cm³/mol. The number of ether oxygens (including phenoxy) is 3. The summed E-state index contributed by atoms with van der Waals surface area (Å²) in [7, 11) is 5.25. The maximum absolute atomic E-state index is 14.3. The summed E-state index contributed by atoms with van der Waals surface area (Å²) >= 11 is 0. The zero-order valence-electron chi connectivity index (χ0n) is 34.4. The van der Waals surface area contributed by atoms with Crippen LogP contribution in [0.1, 0.15) is 61.0 Å². The zero-order valence-corrected chi connectivity index (χ0v) is 34.4. The first kappa shape index (κ1) is 46.8. The van der Waals surface area contributed by atoms with Crippen molar-refractivity contribution in [2.75, 3.05) is 28.3 Å². The molecule has 0 aliphatic carbocycles. The second-order valence-electron chi connectivity index (χ2n) is 14.5. The first-order valence-corrected chi connectivity index (χ1v) is 18.4. The van der Waals surface area contributed by atoms with Gasteiger partial charge < -0.3 is 44.9 Å². The molecular weight excluding hydrogens is 728 g/mol. The van der Waals surface area contributed by atoms with Crippen LogP contribution in [0.5, 0.6) is 0 Å². The van der Waals surface area contributed by atoms with E-state index in [9.17, 15) is 38.4 Å². The summed E-state index contributed by atoms with van der Waals surface area (Å²) in [4.78, 5) is 112. The molecule has 2 rings (SSSR count). The summed E-state index contributed by atoms with van der Waals surface area (Å²) in [5, 5.41) is 7.65. The maximum Gasteiger partial charge on any atom is 0.333 e. The van der Waals surface area contributed by atoms with E-state index >= 15 is 0 Å².